The molecule has 1 aliphatic carbocycles. The Kier molecular flexibility index (Phi) is 5.93. The Labute approximate surface area is 228 Å². The zero-order valence-electron chi connectivity index (χ0n) is 20.9. The van der Waals surface area contributed by atoms with Crippen LogP contribution in [0.1, 0.15) is 63.2 Å². The highest BCUT2D eigenvalue weighted by Crippen LogP contribution is 2.54. The second-order valence-electron chi connectivity index (χ2n) is 10.9. The molecule has 194 valence electrons. The van der Waals surface area contributed by atoms with Crippen LogP contribution in [0.2, 0.25) is 0 Å². The smallest absolute Gasteiger partial charge is 0.268 e. The monoisotopic (exact) mass is 600 g/mol. The number of para-hydroxylation sites is 1. The van der Waals surface area contributed by atoms with Crippen LogP contribution in [0, 0.1) is 0 Å². The van der Waals surface area contributed by atoms with Gasteiger partial charge in [-0.15, -0.1) is 4.72 Å². The molecule has 37 heavy (non-hydrogen) atoms. The van der Waals surface area contributed by atoms with Crippen molar-refractivity contribution in [2.45, 2.75) is 67.7 Å². The van der Waals surface area contributed by atoms with Crippen LogP contribution in [0.3, 0.4) is 0 Å². The summed E-state index contributed by atoms with van der Waals surface area (Å²) in [6, 6.07) is 17.1. The lowest BCUT2D eigenvalue weighted by Gasteiger charge is -2.28. The number of rotatable bonds is 6. The fourth-order valence-electron chi connectivity index (χ4n) is 5.33. The van der Waals surface area contributed by atoms with E-state index < -0.39 is 32.2 Å². The number of imidazole rings is 1. The van der Waals surface area contributed by atoms with Crippen molar-refractivity contribution in [1.29, 1.82) is 0 Å². The summed E-state index contributed by atoms with van der Waals surface area (Å²) in [7, 11) is -3.96. The number of hydrogen-bond acceptors (Lipinski definition) is 5. The van der Waals surface area contributed by atoms with Crippen LogP contribution in [-0.4, -0.2) is 31.2 Å². The summed E-state index contributed by atoms with van der Waals surface area (Å²) in [5.41, 5.74) is 2.97. The quantitative estimate of drug-likeness (QED) is 0.299. The standard InChI is InChI=1S/C27H29BrN4O3S2/c1-26(2,3)36(33)30-24(23-21-13-14-27(15-16-27)31(21)25(28)29-23)22-17-18-9-7-8-12-20(18)32(22)37(34,35)19-10-5-4-6-11-19/h4-12,17,24,30H,13-16H2,1-3H3/t24-,36?/m0/s1. The van der Waals surface area contributed by atoms with E-state index in [1.807, 2.05) is 51.1 Å². The number of aromatic nitrogens is 3. The average Bonchev–Trinajstić information content (AvgIpc) is 3.22. The van der Waals surface area contributed by atoms with Crippen molar-refractivity contribution < 1.29 is 13.0 Å². The molecule has 10 heteroatoms. The zero-order chi connectivity index (χ0) is 26.2. The Morgan fingerprint density at radius 1 is 1.08 bits per heavy atom. The van der Waals surface area contributed by atoms with E-state index in [2.05, 4.69) is 25.2 Å². The molecule has 0 amide bonds. The highest BCUT2D eigenvalue weighted by Gasteiger charge is 2.52. The van der Waals surface area contributed by atoms with Gasteiger partial charge in [0.1, 0.15) is 10.8 Å². The summed E-state index contributed by atoms with van der Waals surface area (Å²) >= 11 is 2.20. The first-order valence-corrected chi connectivity index (χ1v) is 15.8. The largest absolute Gasteiger partial charge is 0.598 e. The highest BCUT2D eigenvalue weighted by molar-refractivity contribution is 9.10. The third-order valence-corrected chi connectivity index (χ3v) is 11.3. The molecule has 1 fully saturated rings. The Morgan fingerprint density at radius 2 is 1.76 bits per heavy atom. The minimum absolute atomic E-state index is 0.107. The van der Waals surface area contributed by atoms with Crippen LogP contribution in [0.5, 0.6) is 0 Å². The van der Waals surface area contributed by atoms with E-state index >= 15 is 0 Å². The molecule has 0 bridgehead atoms. The van der Waals surface area contributed by atoms with E-state index in [1.54, 1.807) is 30.3 Å². The van der Waals surface area contributed by atoms with E-state index in [1.165, 1.54) is 3.97 Å². The van der Waals surface area contributed by atoms with Gasteiger partial charge < -0.3 is 9.12 Å². The minimum atomic E-state index is -3.96. The molecule has 1 N–H and O–H groups in total. The van der Waals surface area contributed by atoms with Gasteiger partial charge in [0.25, 0.3) is 10.0 Å². The molecular weight excluding hydrogens is 572 g/mol. The molecule has 2 aromatic carbocycles. The fourth-order valence-corrected chi connectivity index (χ4v) is 8.49. The second kappa shape index (κ2) is 8.71. The van der Waals surface area contributed by atoms with Gasteiger partial charge in [-0.1, -0.05) is 36.4 Å². The number of fused-ring (bicyclic) bond motifs is 3. The fraction of sp³-hybridized carbons (Fsp3) is 0.370. The van der Waals surface area contributed by atoms with Crippen LogP contribution < -0.4 is 4.72 Å². The zero-order valence-corrected chi connectivity index (χ0v) is 24.2. The van der Waals surface area contributed by atoms with Crippen molar-refractivity contribution in [3.05, 3.63) is 82.5 Å². The number of nitrogens with one attached hydrogen (secondary N) is 1. The predicted octanol–water partition coefficient (Wildman–Crippen LogP) is 5.41. The lowest BCUT2D eigenvalue weighted by Crippen LogP contribution is -2.42. The number of halogens is 1. The van der Waals surface area contributed by atoms with Crippen LogP contribution in [0.25, 0.3) is 10.9 Å². The van der Waals surface area contributed by atoms with Crippen molar-refractivity contribution in [2.24, 2.45) is 0 Å². The van der Waals surface area contributed by atoms with Gasteiger partial charge in [-0.05, 0) is 86.6 Å². The molecule has 1 aliphatic heterocycles. The maximum absolute atomic E-state index is 14.1. The molecule has 1 spiro atoms. The molecule has 1 unspecified atom stereocenters. The molecule has 4 aromatic rings. The van der Waals surface area contributed by atoms with Crippen LogP contribution >= 0.6 is 15.9 Å². The van der Waals surface area contributed by atoms with Gasteiger partial charge in [-0.2, -0.15) is 0 Å². The summed E-state index contributed by atoms with van der Waals surface area (Å²) in [6.45, 7) is 5.70. The van der Waals surface area contributed by atoms with Crippen molar-refractivity contribution in [1.82, 2.24) is 18.2 Å². The van der Waals surface area contributed by atoms with Gasteiger partial charge in [0.05, 0.1) is 21.8 Å². The molecule has 6 rings (SSSR count). The third-order valence-electron chi connectivity index (χ3n) is 7.42. The number of nitrogens with zero attached hydrogens (tertiary/aromatic N) is 3. The maximum Gasteiger partial charge on any atom is 0.268 e. The second-order valence-corrected chi connectivity index (χ2v) is 15.4. The average molecular weight is 602 g/mol. The SMILES string of the molecule is CC(C)(C)[S+]([O-])N[C@H](c1nc(Br)n2c1CCC21CC1)c1cc2ccccc2n1S(=O)(=O)c1ccccc1. The summed E-state index contributed by atoms with van der Waals surface area (Å²) in [4.78, 5) is 5.12. The first-order valence-electron chi connectivity index (χ1n) is 12.4. The molecular formula is C27H29BrN4O3S2. The molecule has 7 nitrogen and oxygen atoms in total. The van der Waals surface area contributed by atoms with Gasteiger partial charge in [0, 0.05) is 28.0 Å². The maximum atomic E-state index is 14.1. The molecule has 0 radical (unpaired) electrons. The van der Waals surface area contributed by atoms with E-state index in [0.717, 1.165) is 47.2 Å². The van der Waals surface area contributed by atoms with Crippen molar-refractivity contribution in [2.75, 3.05) is 0 Å². The van der Waals surface area contributed by atoms with Crippen LogP contribution in [0.15, 0.2) is 70.3 Å². The molecule has 2 aliphatic rings. The molecule has 2 atom stereocenters. The lowest BCUT2D eigenvalue weighted by molar-refractivity contribution is 0.498. The topological polar surface area (TPSA) is 92.0 Å². The minimum Gasteiger partial charge on any atom is -0.598 e. The van der Waals surface area contributed by atoms with Crippen LogP contribution in [-0.2, 0) is 33.3 Å². The summed E-state index contributed by atoms with van der Waals surface area (Å²) in [5, 5.41) is 0.791. The lowest BCUT2D eigenvalue weighted by atomic mass is 10.1. The van der Waals surface area contributed by atoms with Crippen LogP contribution in [0.4, 0.5) is 0 Å². The predicted molar refractivity (Wildman–Crippen MR) is 149 cm³/mol. The third kappa shape index (κ3) is 4.08. The van der Waals surface area contributed by atoms with Gasteiger partial charge in [0.2, 0.25) is 0 Å². The van der Waals surface area contributed by atoms with E-state index in [9.17, 15) is 13.0 Å². The normalized spacial score (nSPS) is 18.3. The van der Waals surface area contributed by atoms with E-state index in [0.29, 0.717) is 11.2 Å². The first-order chi connectivity index (χ1) is 17.5. The highest BCUT2D eigenvalue weighted by atomic mass is 79.9. The first kappa shape index (κ1) is 25.2. The summed E-state index contributed by atoms with van der Waals surface area (Å²) in [5.74, 6) is 0. The van der Waals surface area contributed by atoms with Gasteiger partial charge in [-0.3, -0.25) is 0 Å². The molecule has 2 aromatic heterocycles. The number of hydrogen-bond donors (Lipinski definition) is 1. The molecule has 1 saturated carbocycles. The van der Waals surface area contributed by atoms with E-state index in [4.69, 9.17) is 4.98 Å². The van der Waals surface area contributed by atoms with Crippen molar-refractivity contribution >= 4 is 48.2 Å². The van der Waals surface area contributed by atoms with E-state index in [-0.39, 0.29) is 10.4 Å². The Morgan fingerprint density at radius 3 is 2.43 bits per heavy atom. The van der Waals surface area contributed by atoms with Crippen molar-refractivity contribution in [3.8, 4) is 0 Å². The Hall–Kier alpha value is -2.11. The number of benzene rings is 2. The molecule has 0 saturated heterocycles. The molecule has 3 heterocycles. The van der Waals surface area contributed by atoms with Gasteiger partial charge >= 0.3 is 0 Å². The Balaban J connectivity index is 1.61. The van der Waals surface area contributed by atoms with Gasteiger partial charge in [-0.25, -0.2) is 17.4 Å². The summed E-state index contributed by atoms with van der Waals surface area (Å²) < 4.78 is 48.9. The summed E-state index contributed by atoms with van der Waals surface area (Å²) in [6.07, 6.45) is 4.11. The van der Waals surface area contributed by atoms with Gasteiger partial charge in [0.15, 0.2) is 4.73 Å². The Bertz CT molecular complexity index is 1600. The van der Waals surface area contributed by atoms with Crippen molar-refractivity contribution in [3.63, 3.8) is 0 Å².